The summed E-state index contributed by atoms with van der Waals surface area (Å²) in [6, 6.07) is 37.1. The van der Waals surface area contributed by atoms with Crippen molar-refractivity contribution in [3.8, 4) is 0 Å². The number of halogens is 6. The van der Waals surface area contributed by atoms with Gasteiger partial charge in [0.25, 0.3) is 0 Å². The van der Waals surface area contributed by atoms with E-state index < -0.39 is 53.9 Å². The second-order valence-corrected chi connectivity index (χ2v) is 35.2. The highest BCUT2D eigenvalue weighted by Crippen LogP contribution is 2.37. The van der Waals surface area contributed by atoms with Crippen LogP contribution in [-0.2, 0) is 148 Å². The molecule has 9 saturated heterocycles. The van der Waals surface area contributed by atoms with Crippen molar-refractivity contribution in [2.24, 2.45) is 0 Å². The van der Waals surface area contributed by atoms with Gasteiger partial charge in [0.1, 0.15) is 34.9 Å². The van der Waals surface area contributed by atoms with Gasteiger partial charge in [-0.05, 0) is 315 Å². The van der Waals surface area contributed by atoms with E-state index in [1.165, 1.54) is 86.0 Å². The molecule has 0 spiro atoms. The van der Waals surface area contributed by atoms with Crippen molar-refractivity contribution in [1.82, 2.24) is 0 Å². The first kappa shape index (κ1) is 107. The van der Waals surface area contributed by atoms with E-state index in [4.69, 9.17) is 108 Å². The van der Waals surface area contributed by atoms with Crippen LogP contribution in [0, 0.1) is 34.9 Å². The third-order valence-corrected chi connectivity index (χ3v) is 23.7. The van der Waals surface area contributed by atoms with Gasteiger partial charge in [0.2, 0.25) is 0 Å². The molecule has 0 aromatic heterocycles. The maximum Gasteiger partial charge on any atom is 0.495 e. The van der Waals surface area contributed by atoms with E-state index in [1.54, 1.807) is 44.6 Å². The molecule has 9 aliphatic rings. The molecule has 0 amide bonds. The molecule has 0 aliphatic carbocycles. The van der Waals surface area contributed by atoms with E-state index >= 15 is 0 Å². The molecule has 9 heterocycles. The lowest BCUT2D eigenvalue weighted by Crippen LogP contribution is -2.43. The Bertz CT molecular complexity index is 4360. The highest BCUT2D eigenvalue weighted by atomic mass is 19.1. The highest BCUT2D eigenvalue weighted by Gasteiger charge is 2.52. The summed E-state index contributed by atoms with van der Waals surface area (Å²) in [6.07, 6.45) is 16.8. The molecule has 36 heteroatoms. The van der Waals surface area contributed by atoms with Crippen LogP contribution >= 0.6 is 0 Å². The normalized spacial score (nSPS) is 21.7. The van der Waals surface area contributed by atoms with E-state index in [1.807, 2.05) is 85.7 Å². The zero-order valence-electron chi connectivity index (χ0n) is 78.9. The van der Waals surface area contributed by atoms with Gasteiger partial charge in [0.05, 0.1) is 76.8 Å². The van der Waals surface area contributed by atoms with Gasteiger partial charge in [0.15, 0.2) is 37.7 Å². The van der Waals surface area contributed by atoms with Gasteiger partial charge in [-0.15, -0.1) is 0 Å². The summed E-state index contributed by atoms with van der Waals surface area (Å²) in [6.45, 7) is 23.3. The molecule has 16 rings (SSSR count). The Morgan fingerprint density at radius 3 is 0.970 bits per heavy atom. The maximum absolute atomic E-state index is 13.8. The van der Waals surface area contributed by atoms with Crippen LogP contribution < -0.4 is 32.8 Å². The molecule has 9 aliphatic heterocycles. The molecular weight excluding hydrogens is 1730 g/mol. The minimum Gasteiger partial charge on any atom is -0.423 e. The average Bonchev–Trinajstić information content (AvgIpc) is 1.62. The molecule has 0 radical (unpaired) electrons. The van der Waals surface area contributed by atoms with Gasteiger partial charge in [-0.1, -0.05) is 66.7 Å². The number of rotatable bonds is 32. The lowest BCUT2D eigenvalue weighted by molar-refractivity contribution is -0.169. The molecule has 1 N–H and O–H groups in total. The molecule has 9 fully saturated rings. The van der Waals surface area contributed by atoms with E-state index in [9.17, 15) is 31.4 Å². The van der Waals surface area contributed by atoms with Gasteiger partial charge in [-0.2, -0.15) is 0 Å². The largest absolute Gasteiger partial charge is 0.495 e. The van der Waals surface area contributed by atoms with Crippen molar-refractivity contribution >= 4 is 75.5 Å². The summed E-state index contributed by atoms with van der Waals surface area (Å²) in [5.74, 6) is -1.84. The topological polar surface area (TPSA) is 233 Å². The fourth-order valence-electron chi connectivity index (χ4n) is 15.8. The third kappa shape index (κ3) is 34.8. The minimum absolute atomic E-state index is 0.00532. The van der Waals surface area contributed by atoms with Gasteiger partial charge in [0, 0.05) is 73.2 Å². The van der Waals surface area contributed by atoms with Gasteiger partial charge < -0.3 is 113 Å². The monoisotopic (exact) mass is 1860 g/mol. The molecule has 0 bridgehead atoms. The van der Waals surface area contributed by atoms with Crippen LogP contribution in [0.2, 0.25) is 0 Å². The van der Waals surface area contributed by atoms with Crippen LogP contribution in [0.5, 0.6) is 0 Å². The summed E-state index contributed by atoms with van der Waals surface area (Å²) in [7, 11) is 0.876. The highest BCUT2D eigenvalue weighted by molar-refractivity contribution is 6.64. The quantitative estimate of drug-likeness (QED) is 0.0305. The molecule has 0 saturated carbocycles. The third-order valence-electron chi connectivity index (χ3n) is 23.7. The predicted octanol–water partition coefficient (Wildman–Crippen LogP) is 14.6. The van der Waals surface area contributed by atoms with Crippen molar-refractivity contribution in [2.75, 3.05) is 80.8 Å². The van der Waals surface area contributed by atoms with Crippen molar-refractivity contribution in [3.05, 3.63) is 213 Å². The summed E-state index contributed by atoms with van der Waals surface area (Å²) in [5.41, 5.74) is 8.99. The van der Waals surface area contributed by atoms with Gasteiger partial charge in [-0.3, -0.25) is 0 Å². The Hall–Kier alpha value is -6.45. The van der Waals surface area contributed by atoms with Crippen LogP contribution in [0.25, 0.3) is 0 Å². The van der Waals surface area contributed by atoms with Crippen molar-refractivity contribution in [1.29, 1.82) is 0 Å². The van der Waals surface area contributed by atoms with Crippen molar-refractivity contribution < 1.29 is 139 Å². The molecule has 7 aromatic carbocycles. The Kier molecular flexibility index (Phi) is 45.0. The first-order valence-electron chi connectivity index (χ1n) is 46.9. The lowest BCUT2D eigenvalue weighted by Gasteiger charge is -2.32. The van der Waals surface area contributed by atoms with Crippen LogP contribution in [0.1, 0.15) is 216 Å². The second-order valence-electron chi connectivity index (χ2n) is 35.2. The number of hydrogen-bond acceptors (Lipinski definition) is 24. The minimum atomic E-state index is -1.08. The fourth-order valence-corrected chi connectivity index (χ4v) is 15.8. The number of ether oxygens (including phenoxy) is 12. The van der Waals surface area contributed by atoms with E-state index in [0.717, 1.165) is 197 Å². The smallest absolute Gasteiger partial charge is 0.423 e. The lowest BCUT2D eigenvalue weighted by atomic mass is 9.75. The van der Waals surface area contributed by atoms with E-state index in [-0.39, 0.29) is 124 Å². The zero-order valence-corrected chi connectivity index (χ0v) is 78.9. The predicted molar refractivity (Wildman–Crippen MR) is 495 cm³/mol. The zero-order chi connectivity index (χ0) is 94.5. The number of hydrogen-bond donors (Lipinski definition) is 1. The molecule has 7 unspecified atom stereocenters. The molecular formula is C97H132B6F6O24. The number of benzene rings is 7. The Labute approximate surface area is 783 Å². The molecule has 7 atom stereocenters. The second kappa shape index (κ2) is 56.0. The van der Waals surface area contributed by atoms with E-state index in [2.05, 4.69) is 0 Å². The van der Waals surface area contributed by atoms with Gasteiger partial charge in [-0.25, -0.2) is 26.3 Å². The molecule has 724 valence electrons. The van der Waals surface area contributed by atoms with Crippen molar-refractivity contribution in [3.63, 3.8) is 0 Å². The Morgan fingerprint density at radius 2 is 0.647 bits per heavy atom. The first-order chi connectivity index (χ1) is 64.3. The average molecular weight is 1860 g/mol. The molecule has 7 aromatic rings. The van der Waals surface area contributed by atoms with Crippen LogP contribution in [-0.4, -0.2) is 190 Å². The van der Waals surface area contributed by atoms with Crippen molar-refractivity contribution in [2.45, 2.75) is 278 Å². The van der Waals surface area contributed by atoms with E-state index in [0.29, 0.717) is 56.2 Å². The maximum atomic E-state index is 13.8. The SMILES string of the molecule is CC(C)OB(OC(C)C)c1ccc(F)cc1COC1CCCCO1.CC1(C)OB(c2ccc(F)cc2COC2CCCCO2)OC1(C)C.COB(O)c1ccc(F)cc1COC1CCCCO1.COB(OC)c1ccc(F)cc1COC1CCCCO1.Fc1ccc(B2OCC(c3ccccc3)O2)c(COC2CCCCO2)c1.Fc1ccc(B2OCCO2)c(COC2CCCCO2)c1. The van der Waals surface area contributed by atoms with Crippen LogP contribution in [0.15, 0.2) is 140 Å². The summed E-state index contributed by atoms with van der Waals surface area (Å²) in [4.78, 5) is 0. The summed E-state index contributed by atoms with van der Waals surface area (Å²) in [5, 5.41) is 9.71. The summed E-state index contributed by atoms with van der Waals surface area (Å²) >= 11 is 0. The Morgan fingerprint density at radius 1 is 0.346 bits per heavy atom. The van der Waals surface area contributed by atoms with Crippen LogP contribution in [0.3, 0.4) is 0 Å². The Balaban J connectivity index is 0.000000154. The van der Waals surface area contributed by atoms with Gasteiger partial charge >= 0.3 is 42.7 Å². The van der Waals surface area contributed by atoms with Crippen LogP contribution in [0.4, 0.5) is 26.3 Å². The fraction of sp³-hybridized carbons (Fsp3) is 0.567. The first-order valence-corrected chi connectivity index (χ1v) is 46.9. The standard InChI is InChI=1S/C20H22BFO4.C18H26BFO4.C18H28BFO4.C14H18BFO4.C14H20BFO4.C13H18BFO4/c22-17-9-10-18(16(12-17)13-24-20-8-4-5-11-23-20)21-25-14-19(26-21)15-6-2-1-3-7-15;1-17(2)18(3,4)24-19(23-17)15-9-8-14(20)11-13(15)12-22-16-7-5-6-10-21-16;1-13(2)23-19(24-14(3)4)17-9-8-16(20)11-15(17)12-22-18-7-5-6-10-21-18;16-12-4-5-13(15-19-7-8-20-15)11(9-12)10-18-14-3-1-2-6-17-14;1-17-15(18-2)13-7-6-12(16)9-11(13)10-20-14-5-3-4-8-19-14;1-17-14(16)12-6-5-11(15)8-10(12)9-19-13-4-2-3-7-18-13/h1-3,6-7,9-10,12,19-20H,4-5,8,11,13-14H2;8-9,11,16H,5-7,10,12H2,1-4H3;8-9,11,13-14,18H,5-7,10,12H2,1-4H3;4-5,9,14H,1-3,6-8,10H2;6-7,9,14H,3-5,8,10H2,1-2H3;5-6,8,13,16H,2-4,7,9H2,1H3. The molecule has 133 heavy (non-hydrogen) atoms. The molecule has 24 nitrogen and oxygen atoms in total. The summed E-state index contributed by atoms with van der Waals surface area (Å²) < 4.78 is 211.